The van der Waals surface area contributed by atoms with Crippen LogP contribution in [-0.2, 0) is 11.3 Å². The fraction of sp³-hybridized carbons (Fsp3) is 0.579. The minimum absolute atomic E-state index is 0.138. The minimum Gasteiger partial charge on any atom is -0.488 e. The van der Waals surface area contributed by atoms with Crippen molar-refractivity contribution in [3.63, 3.8) is 0 Å². The molecular weight excluding hydrogens is 320 g/mol. The van der Waals surface area contributed by atoms with E-state index < -0.39 is 5.91 Å². The van der Waals surface area contributed by atoms with Crippen molar-refractivity contribution in [2.45, 2.75) is 52.7 Å². The summed E-state index contributed by atoms with van der Waals surface area (Å²) in [6.45, 7) is 7.20. The van der Waals surface area contributed by atoms with Gasteiger partial charge in [-0.3, -0.25) is 14.8 Å². The van der Waals surface area contributed by atoms with Gasteiger partial charge in [0, 0.05) is 23.1 Å². The number of nitrogens with one attached hydrogen (secondary N) is 1. The summed E-state index contributed by atoms with van der Waals surface area (Å²) >= 11 is 0. The van der Waals surface area contributed by atoms with Gasteiger partial charge in [-0.15, -0.1) is 0 Å². The Morgan fingerprint density at radius 3 is 2.64 bits per heavy atom. The molecule has 1 aliphatic carbocycles. The number of nitrogens with zero attached hydrogens (tertiary/aromatic N) is 1. The summed E-state index contributed by atoms with van der Waals surface area (Å²) in [7, 11) is 0. The second kappa shape index (κ2) is 6.67. The number of benzene rings is 1. The molecule has 2 aliphatic rings. The molecule has 0 unspecified atom stereocenters. The Hall–Kier alpha value is -2.08. The highest BCUT2D eigenvalue weighted by molar-refractivity contribution is 5.94. The van der Waals surface area contributed by atoms with Crippen LogP contribution >= 0.6 is 0 Å². The largest absolute Gasteiger partial charge is 0.488 e. The molecule has 6 nitrogen and oxygen atoms in total. The van der Waals surface area contributed by atoms with Gasteiger partial charge in [-0.2, -0.15) is 0 Å². The predicted octanol–water partition coefficient (Wildman–Crippen LogP) is 2.74. The van der Waals surface area contributed by atoms with E-state index in [9.17, 15) is 9.59 Å². The fourth-order valence-electron chi connectivity index (χ4n) is 3.49. The Kier molecular flexibility index (Phi) is 4.73. The van der Waals surface area contributed by atoms with Crippen LogP contribution in [-0.4, -0.2) is 34.6 Å². The van der Waals surface area contributed by atoms with Gasteiger partial charge < -0.3 is 9.64 Å². The molecule has 1 aliphatic heterocycles. The van der Waals surface area contributed by atoms with Crippen molar-refractivity contribution in [1.82, 2.24) is 10.4 Å². The van der Waals surface area contributed by atoms with Crippen LogP contribution in [0.2, 0.25) is 0 Å². The van der Waals surface area contributed by atoms with Crippen molar-refractivity contribution in [2.75, 3.05) is 6.54 Å². The normalized spacial score (nSPS) is 21.6. The average Bonchev–Trinajstić information content (AvgIpc) is 2.77. The van der Waals surface area contributed by atoms with E-state index in [-0.39, 0.29) is 23.3 Å². The van der Waals surface area contributed by atoms with Crippen molar-refractivity contribution in [3.05, 3.63) is 29.3 Å². The van der Waals surface area contributed by atoms with Crippen molar-refractivity contribution in [1.29, 1.82) is 0 Å². The summed E-state index contributed by atoms with van der Waals surface area (Å²) in [5, 5.41) is 8.83. The first kappa shape index (κ1) is 17.7. The first-order valence-corrected chi connectivity index (χ1v) is 8.87. The van der Waals surface area contributed by atoms with Crippen LogP contribution in [0.15, 0.2) is 18.2 Å². The lowest BCUT2D eigenvalue weighted by molar-refractivity contribution is -0.147. The number of hydrogen-bond acceptors (Lipinski definition) is 4. The second-order valence-electron chi connectivity index (χ2n) is 7.76. The van der Waals surface area contributed by atoms with Crippen molar-refractivity contribution < 1.29 is 19.5 Å². The molecule has 2 amide bonds. The number of hydrogen-bond donors (Lipinski definition) is 2. The number of rotatable bonds is 3. The van der Waals surface area contributed by atoms with E-state index in [1.165, 1.54) is 0 Å². The molecular formula is C19H26N2O4. The zero-order chi connectivity index (χ0) is 18.2. The molecule has 2 N–H and O–H groups in total. The molecule has 3 rings (SSSR count). The average molecular weight is 346 g/mol. The minimum atomic E-state index is -0.577. The highest BCUT2D eigenvalue weighted by Crippen LogP contribution is 2.43. The monoisotopic (exact) mass is 346 g/mol. The summed E-state index contributed by atoms with van der Waals surface area (Å²) in [6.07, 6.45) is 2.85. The lowest BCUT2D eigenvalue weighted by Crippen LogP contribution is -2.48. The first-order chi connectivity index (χ1) is 11.8. The molecule has 1 heterocycles. The Bertz CT molecular complexity index is 682. The van der Waals surface area contributed by atoms with E-state index in [0.29, 0.717) is 24.4 Å². The maximum atomic E-state index is 13.0. The van der Waals surface area contributed by atoms with Crippen molar-refractivity contribution >= 4 is 11.8 Å². The number of ether oxygens (including phenoxy) is 1. The van der Waals surface area contributed by atoms with E-state index in [0.717, 1.165) is 24.8 Å². The summed E-state index contributed by atoms with van der Waals surface area (Å²) < 4.78 is 6.14. The lowest BCUT2D eigenvalue weighted by Gasteiger charge is -2.41. The van der Waals surface area contributed by atoms with Crippen LogP contribution in [0.5, 0.6) is 5.75 Å². The first-order valence-electron chi connectivity index (χ1n) is 8.87. The summed E-state index contributed by atoms with van der Waals surface area (Å²) in [4.78, 5) is 26.6. The molecule has 1 saturated carbocycles. The number of hydroxylamine groups is 1. The highest BCUT2D eigenvalue weighted by atomic mass is 16.5. The molecule has 0 bridgehead atoms. The molecule has 1 atom stereocenters. The van der Waals surface area contributed by atoms with E-state index in [2.05, 4.69) is 13.8 Å². The van der Waals surface area contributed by atoms with Crippen LogP contribution in [0, 0.1) is 11.3 Å². The van der Waals surface area contributed by atoms with E-state index in [4.69, 9.17) is 9.94 Å². The van der Waals surface area contributed by atoms with E-state index in [1.807, 2.05) is 11.8 Å². The van der Waals surface area contributed by atoms with Crippen molar-refractivity contribution in [2.24, 2.45) is 11.3 Å². The van der Waals surface area contributed by atoms with Crippen LogP contribution in [0.3, 0.4) is 0 Å². The van der Waals surface area contributed by atoms with Gasteiger partial charge in [0.2, 0.25) is 5.91 Å². The molecule has 6 heteroatoms. The van der Waals surface area contributed by atoms with Gasteiger partial charge >= 0.3 is 0 Å². The summed E-state index contributed by atoms with van der Waals surface area (Å²) in [6, 6.07) is 5.07. The third-order valence-corrected chi connectivity index (χ3v) is 5.47. The Morgan fingerprint density at radius 2 is 2.08 bits per heavy atom. The predicted molar refractivity (Wildman–Crippen MR) is 92.3 cm³/mol. The smallest absolute Gasteiger partial charge is 0.274 e. The van der Waals surface area contributed by atoms with Gasteiger partial charge in [-0.05, 0) is 30.9 Å². The van der Waals surface area contributed by atoms with Crippen LogP contribution in [0.25, 0.3) is 0 Å². The molecule has 1 aromatic carbocycles. The van der Waals surface area contributed by atoms with Gasteiger partial charge in [0.05, 0.1) is 6.54 Å². The Balaban J connectivity index is 1.92. The molecule has 25 heavy (non-hydrogen) atoms. The van der Waals surface area contributed by atoms with Gasteiger partial charge in [-0.25, -0.2) is 5.48 Å². The van der Waals surface area contributed by atoms with Gasteiger partial charge in [-0.1, -0.05) is 33.3 Å². The molecule has 0 saturated heterocycles. The summed E-state index contributed by atoms with van der Waals surface area (Å²) in [5.74, 6) is 0.448. The Morgan fingerprint density at radius 1 is 1.36 bits per heavy atom. The third-order valence-electron chi connectivity index (χ3n) is 5.47. The van der Waals surface area contributed by atoms with Gasteiger partial charge in [0.15, 0.2) is 0 Å². The molecule has 0 radical (unpaired) electrons. The topological polar surface area (TPSA) is 78.9 Å². The quantitative estimate of drug-likeness (QED) is 0.651. The van der Waals surface area contributed by atoms with Gasteiger partial charge in [0.25, 0.3) is 5.91 Å². The fourth-order valence-corrected chi connectivity index (χ4v) is 3.49. The summed E-state index contributed by atoms with van der Waals surface area (Å²) in [5.41, 5.74) is 2.60. The number of carbonyl (C=O) groups is 2. The van der Waals surface area contributed by atoms with Crippen molar-refractivity contribution in [3.8, 4) is 5.75 Å². The number of amides is 2. The third kappa shape index (κ3) is 3.35. The number of carbonyl (C=O) groups excluding carboxylic acids is 2. The Labute approximate surface area is 148 Å². The van der Waals surface area contributed by atoms with E-state index in [1.54, 1.807) is 23.7 Å². The zero-order valence-corrected chi connectivity index (χ0v) is 15.0. The molecule has 1 aromatic rings. The van der Waals surface area contributed by atoms with E-state index >= 15 is 0 Å². The standard InChI is InChI=1S/C19H26N2O4/c1-12(2)16-11-21(18(23)19(3)7-4-8-19)10-14-6-5-13(17(22)20-24)9-15(14)25-16/h5-6,9,12,16,24H,4,7-8,10-11H2,1-3H3,(H,20,22)/t16-/m0/s1. The maximum absolute atomic E-state index is 13.0. The van der Waals surface area contributed by atoms with Crippen LogP contribution in [0.4, 0.5) is 0 Å². The number of fused-ring (bicyclic) bond motifs is 1. The molecule has 0 aromatic heterocycles. The van der Waals surface area contributed by atoms with Crippen LogP contribution in [0.1, 0.15) is 56.0 Å². The second-order valence-corrected chi connectivity index (χ2v) is 7.76. The molecule has 0 spiro atoms. The van der Waals surface area contributed by atoms with Gasteiger partial charge in [0.1, 0.15) is 11.9 Å². The maximum Gasteiger partial charge on any atom is 0.274 e. The lowest BCUT2D eigenvalue weighted by atomic mass is 9.69. The molecule has 1 fully saturated rings. The van der Waals surface area contributed by atoms with Crippen LogP contribution < -0.4 is 10.2 Å². The molecule has 136 valence electrons. The SMILES string of the molecule is CC(C)[C@@H]1CN(C(=O)C2(C)CCC2)Cc2ccc(C(=O)NO)cc2O1. The highest BCUT2D eigenvalue weighted by Gasteiger charge is 2.43. The zero-order valence-electron chi connectivity index (χ0n) is 15.0.